The maximum atomic E-state index is 11.3. The van der Waals surface area contributed by atoms with Gasteiger partial charge in [0.25, 0.3) is 0 Å². The number of urea groups is 1. The summed E-state index contributed by atoms with van der Waals surface area (Å²) in [7, 11) is 3.49. The van der Waals surface area contributed by atoms with E-state index in [4.69, 9.17) is 4.74 Å². The van der Waals surface area contributed by atoms with Gasteiger partial charge in [0.1, 0.15) is 0 Å². The Hall–Kier alpha value is -0.770. The molecule has 1 fully saturated rings. The van der Waals surface area contributed by atoms with Crippen LogP contribution < -0.4 is 5.32 Å². The number of hydrogen-bond donors (Lipinski definition) is 1. The van der Waals surface area contributed by atoms with Crippen molar-refractivity contribution in [1.82, 2.24) is 10.2 Å². The van der Waals surface area contributed by atoms with E-state index < -0.39 is 0 Å². The van der Waals surface area contributed by atoms with E-state index in [9.17, 15) is 4.79 Å². The molecule has 0 aromatic rings. The highest BCUT2D eigenvalue weighted by Gasteiger charge is 2.23. The molecule has 1 heterocycles. The van der Waals surface area contributed by atoms with Gasteiger partial charge in [-0.15, -0.1) is 0 Å². The Balaban J connectivity index is 2.31. The third-order valence-corrected chi connectivity index (χ3v) is 2.43. The highest BCUT2D eigenvalue weighted by atomic mass is 16.5. The largest absolute Gasteiger partial charge is 0.381 e. The quantitative estimate of drug-likeness (QED) is 0.689. The molecule has 0 bridgehead atoms. The predicted octanol–water partition coefficient (Wildman–Crippen LogP) is 0.683. The summed E-state index contributed by atoms with van der Waals surface area (Å²) in [6, 6.07) is 0.178. The van der Waals surface area contributed by atoms with Gasteiger partial charge in [-0.25, -0.2) is 4.79 Å². The Labute approximate surface area is 79.2 Å². The van der Waals surface area contributed by atoms with Gasteiger partial charge in [-0.05, 0) is 13.3 Å². The number of hydrogen-bond acceptors (Lipinski definition) is 2. The van der Waals surface area contributed by atoms with Crippen molar-refractivity contribution in [3.05, 3.63) is 0 Å². The molecule has 0 aromatic heterocycles. The number of carbonyl (C=O) groups excluding carboxylic acids is 1. The molecular weight excluding hydrogens is 168 g/mol. The van der Waals surface area contributed by atoms with E-state index in [0.717, 1.165) is 19.6 Å². The van der Waals surface area contributed by atoms with Gasteiger partial charge >= 0.3 is 6.03 Å². The van der Waals surface area contributed by atoms with Crippen molar-refractivity contribution in [2.45, 2.75) is 19.4 Å². The van der Waals surface area contributed by atoms with Crippen LogP contribution in [0.3, 0.4) is 0 Å². The molecule has 76 valence electrons. The first kappa shape index (κ1) is 10.3. The molecule has 0 aromatic carbocycles. The van der Waals surface area contributed by atoms with Crippen molar-refractivity contribution in [2.24, 2.45) is 5.92 Å². The highest BCUT2D eigenvalue weighted by Crippen LogP contribution is 2.16. The van der Waals surface area contributed by atoms with Crippen molar-refractivity contribution < 1.29 is 9.53 Å². The molecule has 2 amide bonds. The lowest BCUT2D eigenvalue weighted by atomic mass is 10.0. The summed E-state index contributed by atoms with van der Waals surface area (Å²) in [5.74, 6) is 0.476. The van der Waals surface area contributed by atoms with E-state index in [2.05, 4.69) is 5.32 Å². The van der Waals surface area contributed by atoms with Gasteiger partial charge in [0.15, 0.2) is 0 Å². The highest BCUT2D eigenvalue weighted by molar-refractivity contribution is 5.73. The molecular formula is C9H18N2O2. The topological polar surface area (TPSA) is 41.6 Å². The van der Waals surface area contributed by atoms with Crippen LogP contribution in [0.15, 0.2) is 0 Å². The van der Waals surface area contributed by atoms with E-state index in [1.807, 2.05) is 6.92 Å². The Morgan fingerprint density at radius 2 is 2.31 bits per heavy atom. The lowest BCUT2D eigenvalue weighted by Crippen LogP contribution is -2.43. The fraction of sp³-hybridized carbons (Fsp3) is 0.889. The third-order valence-electron chi connectivity index (χ3n) is 2.43. The zero-order valence-electron chi connectivity index (χ0n) is 8.54. The summed E-state index contributed by atoms with van der Waals surface area (Å²) in [5.41, 5.74) is 0. The summed E-state index contributed by atoms with van der Waals surface area (Å²) in [6.45, 7) is 3.63. The van der Waals surface area contributed by atoms with Gasteiger partial charge in [0, 0.05) is 32.7 Å². The summed E-state index contributed by atoms with van der Waals surface area (Å²) < 4.78 is 5.26. The molecule has 4 heteroatoms. The van der Waals surface area contributed by atoms with Gasteiger partial charge in [-0.1, -0.05) is 0 Å². The maximum absolute atomic E-state index is 11.3. The summed E-state index contributed by atoms with van der Waals surface area (Å²) in [5, 5.41) is 2.93. The second-order valence-corrected chi connectivity index (χ2v) is 3.76. The Morgan fingerprint density at radius 3 is 2.77 bits per heavy atom. The zero-order chi connectivity index (χ0) is 9.84. The number of ether oxygens (including phenoxy) is 1. The summed E-state index contributed by atoms with van der Waals surface area (Å²) >= 11 is 0. The summed E-state index contributed by atoms with van der Waals surface area (Å²) in [4.78, 5) is 12.8. The van der Waals surface area contributed by atoms with Gasteiger partial charge in [0.2, 0.25) is 0 Å². The van der Waals surface area contributed by atoms with Crippen molar-refractivity contribution in [3.8, 4) is 0 Å². The van der Waals surface area contributed by atoms with Crippen molar-refractivity contribution in [3.63, 3.8) is 0 Å². The second-order valence-electron chi connectivity index (χ2n) is 3.76. The minimum Gasteiger partial charge on any atom is -0.381 e. The van der Waals surface area contributed by atoms with Crippen LogP contribution in [-0.4, -0.2) is 44.3 Å². The van der Waals surface area contributed by atoms with E-state index >= 15 is 0 Å². The lowest BCUT2D eigenvalue weighted by molar-refractivity contribution is 0.175. The fourth-order valence-corrected chi connectivity index (χ4v) is 1.39. The molecule has 0 spiro atoms. The van der Waals surface area contributed by atoms with E-state index in [1.165, 1.54) is 0 Å². The van der Waals surface area contributed by atoms with Gasteiger partial charge in [-0.2, -0.15) is 0 Å². The normalized spacial score (nSPS) is 24.1. The Morgan fingerprint density at radius 1 is 1.62 bits per heavy atom. The van der Waals surface area contributed by atoms with Crippen LogP contribution in [0.4, 0.5) is 4.79 Å². The number of amides is 2. The number of carbonyl (C=O) groups is 1. The standard InChI is InChI=1S/C9H18N2O2/c1-7(8-4-5-13-6-8)10-9(12)11(2)3/h7-8H,4-6H2,1-3H3,(H,10,12). The molecule has 1 N–H and O–H groups in total. The molecule has 0 radical (unpaired) electrons. The average Bonchev–Trinajstić information content (AvgIpc) is 2.55. The monoisotopic (exact) mass is 186 g/mol. The average molecular weight is 186 g/mol. The molecule has 0 saturated carbocycles. The van der Waals surface area contributed by atoms with Gasteiger partial charge < -0.3 is 15.0 Å². The first-order valence-electron chi connectivity index (χ1n) is 4.67. The minimum absolute atomic E-state index is 0.0283. The van der Waals surface area contributed by atoms with Crippen LogP contribution in [0.25, 0.3) is 0 Å². The van der Waals surface area contributed by atoms with E-state index in [-0.39, 0.29) is 12.1 Å². The van der Waals surface area contributed by atoms with Crippen LogP contribution >= 0.6 is 0 Å². The first-order valence-corrected chi connectivity index (χ1v) is 4.67. The van der Waals surface area contributed by atoms with Crippen LogP contribution in [0, 0.1) is 5.92 Å². The number of nitrogens with zero attached hydrogens (tertiary/aromatic N) is 1. The van der Waals surface area contributed by atoms with Gasteiger partial charge in [-0.3, -0.25) is 0 Å². The fourth-order valence-electron chi connectivity index (χ4n) is 1.39. The number of rotatable bonds is 2. The Bertz CT molecular complexity index is 176. The lowest BCUT2D eigenvalue weighted by Gasteiger charge is -2.21. The predicted molar refractivity (Wildman–Crippen MR) is 50.6 cm³/mol. The zero-order valence-corrected chi connectivity index (χ0v) is 8.54. The van der Waals surface area contributed by atoms with Crippen LogP contribution in [0.1, 0.15) is 13.3 Å². The van der Waals surface area contributed by atoms with E-state index in [1.54, 1.807) is 19.0 Å². The first-order chi connectivity index (χ1) is 6.11. The minimum atomic E-state index is -0.0283. The molecule has 1 rings (SSSR count). The SMILES string of the molecule is CC(NC(=O)N(C)C)C1CCOC1. The smallest absolute Gasteiger partial charge is 0.317 e. The molecule has 1 aliphatic heterocycles. The number of nitrogens with one attached hydrogen (secondary N) is 1. The van der Waals surface area contributed by atoms with Crippen molar-refractivity contribution in [1.29, 1.82) is 0 Å². The molecule has 1 saturated heterocycles. The third kappa shape index (κ3) is 2.88. The van der Waals surface area contributed by atoms with Crippen LogP contribution in [0.2, 0.25) is 0 Å². The van der Waals surface area contributed by atoms with E-state index in [0.29, 0.717) is 5.92 Å². The van der Waals surface area contributed by atoms with Crippen LogP contribution in [0.5, 0.6) is 0 Å². The summed E-state index contributed by atoms with van der Waals surface area (Å²) in [6.07, 6.45) is 1.05. The van der Waals surface area contributed by atoms with Crippen molar-refractivity contribution in [2.75, 3.05) is 27.3 Å². The molecule has 4 nitrogen and oxygen atoms in total. The second kappa shape index (κ2) is 4.46. The molecule has 2 unspecified atom stereocenters. The van der Waals surface area contributed by atoms with Gasteiger partial charge in [0.05, 0.1) is 6.61 Å². The van der Waals surface area contributed by atoms with Crippen molar-refractivity contribution >= 4 is 6.03 Å². The maximum Gasteiger partial charge on any atom is 0.317 e. The molecule has 0 aliphatic carbocycles. The Kier molecular flexibility index (Phi) is 3.54. The molecule has 1 aliphatic rings. The molecule has 13 heavy (non-hydrogen) atoms. The molecule has 2 atom stereocenters. The van der Waals surface area contributed by atoms with Crippen LogP contribution in [-0.2, 0) is 4.74 Å².